The number of aliphatic hydroxyl groups excluding tert-OH is 1. The SMILES string of the molecule is CC(C)(C)OC(=O)NC(Cc1ccccc1)C1CO1.CCl.CNCC(O)C(N)Cc1ccccc1.N. The molecule has 1 fully saturated rings. The minimum atomic E-state index is -0.486. The van der Waals surface area contributed by atoms with E-state index in [-0.39, 0.29) is 30.4 Å². The molecule has 4 atom stereocenters. The number of amides is 1. The number of epoxide rings is 1. The van der Waals surface area contributed by atoms with Crippen LogP contribution < -0.4 is 22.5 Å². The number of nitrogens with two attached hydrogens (primary N) is 1. The van der Waals surface area contributed by atoms with Gasteiger partial charge < -0.3 is 37.1 Å². The quantitative estimate of drug-likeness (QED) is 0.248. The Labute approximate surface area is 221 Å². The normalized spacial score (nSPS) is 16.4. The Kier molecular flexibility index (Phi) is 17.0. The second-order valence-corrected chi connectivity index (χ2v) is 9.29. The van der Waals surface area contributed by atoms with Gasteiger partial charge in [0.2, 0.25) is 0 Å². The van der Waals surface area contributed by atoms with Gasteiger partial charge in [0.25, 0.3) is 0 Å². The van der Waals surface area contributed by atoms with Crippen LogP contribution in [0.3, 0.4) is 0 Å². The van der Waals surface area contributed by atoms with Crippen LogP contribution in [0.1, 0.15) is 31.9 Å². The van der Waals surface area contributed by atoms with E-state index >= 15 is 0 Å². The first kappa shape index (κ1) is 33.8. The number of aliphatic hydroxyl groups is 1. The molecule has 4 unspecified atom stereocenters. The lowest BCUT2D eigenvalue weighted by molar-refractivity contribution is 0.0495. The maximum Gasteiger partial charge on any atom is 0.407 e. The number of rotatable bonds is 9. The van der Waals surface area contributed by atoms with Crippen LogP contribution >= 0.6 is 11.6 Å². The van der Waals surface area contributed by atoms with Crippen LogP contribution in [0.15, 0.2) is 60.7 Å². The highest BCUT2D eigenvalue weighted by molar-refractivity contribution is 6.15. The first-order valence-corrected chi connectivity index (χ1v) is 12.6. The van der Waals surface area contributed by atoms with E-state index in [0.29, 0.717) is 19.6 Å². The highest BCUT2D eigenvalue weighted by Crippen LogP contribution is 2.19. The predicted octanol–water partition coefficient (Wildman–Crippen LogP) is 3.67. The molecule has 8 nitrogen and oxygen atoms in total. The van der Waals surface area contributed by atoms with Gasteiger partial charge in [-0.3, -0.25) is 0 Å². The van der Waals surface area contributed by atoms with E-state index in [4.69, 9.17) is 15.2 Å². The lowest BCUT2D eigenvalue weighted by Crippen LogP contribution is -2.43. The fourth-order valence-electron chi connectivity index (χ4n) is 3.27. The number of hydrogen-bond acceptors (Lipinski definition) is 7. The van der Waals surface area contributed by atoms with Gasteiger partial charge in [-0.15, -0.1) is 11.6 Å². The van der Waals surface area contributed by atoms with Crippen LogP contribution in [-0.4, -0.2) is 67.7 Å². The molecule has 0 bridgehead atoms. The molecule has 9 heteroatoms. The molecule has 204 valence electrons. The van der Waals surface area contributed by atoms with Gasteiger partial charge in [0, 0.05) is 19.0 Å². The van der Waals surface area contributed by atoms with Crippen LogP contribution in [-0.2, 0) is 22.3 Å². The Morgan fingerprint density at radius 2 is 1.56 bits per heavy atom. The zero-order chi connectivity index (χ0) is 26.3. The van der Waals surface area contributed by atoms with Gasteiger partial charge in [-0.05, 0) is 51.8 Å². The highest BCUT2D eigenvalue weighted by Gasteiger charge is 2.34. The number of alkyl carbamates (subject to hydrolysis) is 1. The first-order valence-electron chi connectivity index (χ1n) is 11.8. The molecule has 0 aromatic heterocycles. The van der Waals surface area contributed by atoms with Crippen LogP contribution in [0.5, 0.6) is 0 Å². The van der Waals surface area contributed by atoms with Gasteiger partial charge in [-0.1, -0.05) is 60.7 Å². The monoisotopic (exact) mass is 524 g/mol. The number of likely N-dealkylation sites (N-methyl/N-ethyl adjacent to an activating group) is 1. The van der Waals surface area contributed by atoms with E-state index in [1.165, 1.54) is 11.9 Å². The van der Waals surface area contributed by atoms with Gasteiger partial charge in [0.15, 0.2) is 0 Å². The van der Waals surface area contributed by atoms with Gasteiger partial charge in [-0.25, -0.2) is 4.79 Å². The number of carbonyl (C=O) groups is 1. The average molecular weight is 525 g/mol. The minimum Gasteiger partial charge on any atom is -0.444 e. The fourth-order valence-corrected chi connectivity index (χ4v) is 3.27. The van der Waals surface area contributed by atoms with Crippen LogP contribution in [0, 0.1) is 0 Å². The molecule has 3 rings (SSSR count). The Hall–Kier alpha value is -2.20. The second-order valence-electron chi connectivity index (χ2n) is 9.29. The first-order chi connectivity index (χ1) is 16.7. The molecular weight excluding hydrogens is 480 g/mol. The molecule has 1 aliphatic heterocycles. The largest absolute Gasteiger partial charge is 0.444 e. The van der Waals surface area contributed by atoms with Crippen molar-refractivity contribution in [2.24, 2.45) is 5.73 Å². The van der Waals surface area contributed by atoms with Gasteiger partial charge in [-0.2, -0.15) is 0 Å². The molecule has 1 saturated heterocycles. The molecule has 2 aromatic carbocycles. The van der Waals surface area contributed by atoms with Crippen molar-refractivity contribution in [3.63, 3.8) is 0 Å². The molecule has 0 radical (unpaired) electrons. The number of benzene rings is 2. The van der Waals surface area contributed by atoms with Crippen LogP contribution in [0.2, 0.25) is 0 Å². The van der Waals surface area contributed by atoms with Gasteiger partial charge in [0.1, 0.15) is 11.7 Å². The zero-order valence-electron chi connectivity index (χ0n) is 22.2. The summed E-state index contributed by atoms with van der Waals surface area (Å²) >= 11 is 4.64. The molecule has 36 heavy (non-hydrogen) atoms. The molecule has 1 aliphatic rings. The maximum atomic E-state index is 11.8. The number of alkyl halides is 1. The zero-order valence-corrected chi connectivity index (χ0v) is 23.0. The number of nitrogens with one attached hydrogen (secondary N) is 2. The van der Waals surface area contributed by atoms with Crippen molar-refractivity contribution in [3.05, 3.63) is 71.8 Å². The van der Waals surface area contributed by atoms with E-state index in [0.717, 1.165) is 12.0 Å². The summed E-state index contributed by atoms with van der Waals surface area (Å²) < 4.78 is 10.6. The fraction of sp³-hybridized carbons (Fsp3) is 0.519. The summed E-state index contributed by atoms with van der Waals surface area (Å²) in [5.74, 6) is 0. The molecule has 0 spiro atoms. The molecule has 0 saturated carbocycles. The Morgan fingerprint density at radius 3 is 1.97 bits per heavy atom. The molecular formula is C27H45ClN4O4. The summed E-state index contributed by atoms with van der Waals surface area (Å²) in [5.41, 5.74) is 7.71. The standard InChI is InChI=1S/C15H21NO3.C11H18N2O.CH3Cl.H3N/c1-15(2,3)19-14(17)16-12(13-10-18-13)9-11-7-5-4-6-8-11;1-13-8-11(14)10(12)7-9-5-3-2-4-6-9;1-2;/h4-8,12-13H,9-10H2,1-3H3,(H,16,17);2-6,10-11,13-14H,7-8,12H2,1H3;1H3;1H3. The highest BCUT2D eigenvalue weighted by atomic mass is 35.5. The van der Waals surface area contributed by atoms with Crippen molar-refractivity contribution in [1.29, 1.82) is 0 Å². The maximum absolute atomic E-state index is 11.8. The summed E-state index contributed by atoms with van der Waals surface area (Å²) in [6.45, 7) is 6.80. The van der Waals surface area contributed by atoms with E-state index in [1.807, 2.05) is 81.4 Å². The number of hydrogen-bond donors (Lipinski definition) is 5. The van der Waals surface area contributed by atoms with Gasteiger partial charge in [0.05, 0.1) is 18.8 Å². The third-order valence-corrected chi connectivity index (χ3v) is 5.03. The number of carbonyl (C=O) groups excluding carboxylic acids is 1. The van der Waals surface area contributed by atoms with Crippen molar-refractivity contribution in [3.8, 4) is 0 Å². The summed E-state index contributed by atoms with van der Waals surface area (Å²) in [4.78, 5) is 11.8. The third-order valence-electron chi connectivity index (χ3n) is 5.03. The molecule has 1 amide bonds. The van der Waals surface area contributed by atoms with Crippen LogP contribution in [0.25, 0.3) is 0 Å². The van der Waals surface area contributed by atoms with E-state index in [9.17, 15) is 9.90 Å². The number of halogens is 1. The minimum absolute atomic E-state index is 0. The number of ether oxygens (including phenoxy) is 2. The van der Waals surface area contributed by atoms with E-state index in [1.54, 1.807) is 7.05 Å². The van der Waals surface area contributed by atoms with Crippen molar-refractivity contribution >= 4 is 17.7 Å². The Morgan fingerprint density at radius 1 is 1.08 bits per heavy atom. The summed E-state index contributed by atoms with van der Waals surface area (Å²) in [5, 5.41) is 15.4. The summed E-state index contributed by atoms with van der Waals surface area (Å²) in [6.07, 6.45) is 2.17. The van der Waals surface area contributed by atoms with Crippen molar-refractivity contribution in [2.75, 3.05) is 26.6 Å². The van der Waals surface area contributed by atoms with Crippen LogP contribution in [0.4, 0.5) is 4.79 Å². The Balaban J connectivity index is 0.000000645. The Bertz CT molecular complexity index is 818. The lowest BCUT2D eigenvalue weighted by Gasteiger charge is -2.23. The second kappa shape index (κ2) is 18.1. The smallest absolute Gasteiger partial charge is 0.407 e. The van der Waals surface area contributed by atoms with Crippen molar-refractivity contribution in [2.45, 2.75) is 63.5 Å². The summed E-state index contributed by atoms with van der Waals surface area (Å²) in [7, 11) is 1.80. The average Bonchev–Trinajstić information content (AvgIpc) is 3.66. The van der Waals surface area contributed by atoms with Gasteiger partial charge >= 0.3 is 6.09 Å². The molecule has 0 aliphatic carbocycles. The van der Waals surface area contributed by atoms with E-state index in [2.05, 4.69) is 22.2 Å². The summed E-state index contributed by atoms with van der Waals surface area (Å²) in [6, 6.07) is 19.8. The van der Waals surface area contributed by atoms with Crippen molar-refractivity contribution in [1.82, 2.24) is 16.8 Å². The molecule has 2 aromatic rings. The predicted molar refractivity (Wildman–Crippen MR) is 148 cm³/mol. The van der Waals surface area contributed by atoms with E-state index < -0.39 is 11.7 Å². The molecule has 8 N–H and O–H groups in total. The topological polar surface area (TPSA) is 144 Å². The molecule has 1 heterocycles. The van der Waals surface area contributed by atoms with Crippen molar-refractivity contribution < 1.29 is 19.4 Å². The third kappa shape index (κ3) is 15.0. The lowest BCUT2D eigenvalue weighted by atomic mass is 10.0.